The van der Waals surface area contributed by atoms with Crippen molar-refractivity contribution in [2.24, 2.45) is 0 Å². The minimum absolute atomic E-state index is 0.00352. The number of nitrogens with one attached hydrogen (secondary N) is 1. The molecular formula is C11H15Cl2NO2S. The van der Waals surface area contributed by atoms with Crippen LogP contribution in [-0.2, 0) is 9.84 Å². The molecule has 17 heavy (non-hydrogen) atoms. The van der Waals surface area contributed by atoms with E-state index in [1.54, 1.807) is 6.07 Å². The van der Waals surface area contributed by atoms with E-state index < -0.39 is 9.84 Å². The van der Waals surface area contributed by atoms with E-state index in [-0.39, 0.29) is 20.7 Å². The van der Waals surface area contributed by atoms with Crippen molar-refractivity contribution in [3.63, 3.8) is 0 Å². The lowest BCUT2D eigenvalue weighted by Gasteiger charge is -2.08. The highest BCUT2D eigenvalue weighted by Gasteiger charge is 2.20. The van der Waals surface area contributed by atoms with Crippen LogP contribution >= 0.6 is 23.2 Å². The summed E-state index contributed by atoms with van der Waals surface area (Å²) in [5.41, 5.74) is 0. The molecule has 0 radical (unpaired) electrons. The molecule has 3 nitrogen and oxygen atoms in total. The molecule has 1 rings (SSSR count). The lowest BCUT2D eigenvalue weighted by Crippen LogP contribution is -2.24. The Kier molecular flexibility index (Phi) is 5.73. The third kappa shape index (κ3) is 4.14. The molecular weight excluding hydrogens is 281 g/mol. The van der Waals surface area contributed by atoms with Gasteiger partial charge in [-0.3, -0.25) is 0 Å². The van der Waals surface area contributed by atoms with Crippen molar-refractivity contribution >= 4 is 33.0 Å². The Morgan fingerprint density at radius 1 is 1.18 bits per heavy atom. The number of hydrogen-bond acceptors (Lipinski definition) is 3. The van der Waals surface area contributed by atoms with Crippen LogP contribution in [0.5, 0.6) is 0 Å². The first-order valence-corrected chi connectivity index (χ1v) is 7.77. The summed E-state index contributed by atoms with van der Waals surface area (Å²) < 4.78 is 24.1. The molecule has 0 aliphatic heterocycles. The van der Waals surface area contributed by atoms with Gasteiger partial charge < -0.3 is 5.32 Å². The van der Waals surface area contributed by atoms with Gasteiger partial charge in [0.2, 0.25) is 0 Å². The van der Waals surface area contributed by atoms with E-state index in [0.29, 0.717) is 6.54 Å². The lowest BCUT2D eigenvalue weighted by atomic mass is 10.4. The van der Waals surface area contributed by atoms with Crippen molar-refractivity contribution in [1.29, 1.82) is 0 Å². The van der Waals surface area contributed by atoms with E-state index >= 15 is 0 Å². The van der Waals surface area contributed by atoms with Crippen LogP contribution in [0.3, 0.4) is 0 Å². The molecule has 0 bridgehead atoms. The quantitative estimate of drug-likeness (QED) is 0.821. The first-order chi connectivity index (χ1) is 7.99. The molecule has 0 heterocycles. The number of hydrogen-bond donors (Lipinski definition) is 1. The fourth-order valence-electron chi connectivity index (χ4n) is 1.39. The highest BCUT2D eigenvalue weighted by molar-refractivity contribution is 7.91. The molecule has 0 saturated heterocycles. The summed E-state index contributed by atoms with van der Waals surface area (Å²) in [6, 6.07) is 4.68. The van der Waals surface area contributed by atoms with Gasteiger partial charge in [-0.25, -0.2) is 8.42 Å². The van der Waals surface area contributed by atoms with E-state index in [1.165, 1.54) is 12.1 Å². The molecule has 1 N–H and O–H groups in total. The Labute approximate surface area is 112 Å². The predicted octanol–water partition coefficient (Wildman–Crippen LogP) is 2.77. The molecule has 0 saturated carbocycles. The number of benzene rings is 1. The molecule has 0 aliphatic carbocycles. The maximum Gasteiger partial charge on any atom is 0.182 e. The largest absolute Gasteiger partial charge is 0.316 e. The van der Waals surface area contributed by atoms with Gasteiger partial charge in [0, 0.05) is 6.54 Å². The molecule has 0 atom stereocenters. The average Bonchev–Trinajstić information content (AvgIpc) is 2.24. The summed E-state index contributed by atoms with van der Waals surface area (Å²) in [6.07, 6.45) is 0.965. The summed E-state index contributed by atoms with van der Waals surface area (Å²) in [5.74, 6) is -0.00352. The fraction of sp³-hybridized carbons (Fsp3) is 0.455. The smallest absolute Gasteiger partial charge is 0.182 e. The maximum atomic E-state index is 12.0. The highest BCUT2D eigenvalue weighted by atomic mass is 35.5. The van der Waals surface area contributed by atoms with Crippen LogP contribution < -0.4 is 5.32 Å². The summed E-state index contributed by atoms with van der Waals surface area (Å²) in [5, 5.41) is 3.38. The van der Waals surface area contributed by atoms with Crippen molar-refractivity contribution in [2.75, 3.05) is 18.8 Å². The van der Waals surface area contributed by atoms with Gasteiger partial charge in [-0.15, -0.1) is 0 Å². The molecule has 0 fully saturated rings. The molecule has 0 spiro atoms. The zero-order valence-corrected chi connectivity index (χ0v) is 11.9. The van der Waals surface area contributed by atoms with Crippen LogP contribution in [0.2, 0.25) is 10.0 Å². The number of halogens is 2. The Morgan fingerprint density at radius 3 is 2.29 bits per heavy atom. The van der Waals surface area contributed by atoms with Crippen molar-refractivity contribution in [2.45, 2.75) is 18.2 Å². The number of rotatable bonds is 6. The predicted molar refractivity (Wildman–Crippen MR) is 71.7 cm³/mol. The molecule has 1 aromatic carbocycles. The van der Waals surface area contributed by atoms with Gasteiger partial charge >= 0.3 is 0 Å². The SMILES string of the molecule is CCCNCCS(=O)(=O)c1c(Cl)cccc1Cl. The van der Waals surface area contributed by atoms with Crippen molar-refractivity contribution in [3.8, 4) is 0 Å². The maximum absolute atomic E-state index is 12.0. The van der Waals surface area contributed by atoms with Gasteiger partial charge in [0.1, 0.15) is 4.90 Å². The normalized spacial score (nSPS) is 11.7. The summed E-state index contributed by atoms with van der Waals surface area (Å²) in [4.78, 5) is 0.0293. The standard InChI is InChI=1S/C11H15Cl2NO2S/c1-2-6-14-7-8-17(15,16)11-9(12)4-3-5-10(11)13/h3-5,14H,2,6-8H2,1H3. The van der Waals surface area contributed by atoms with E-state index in [4.69, 9.17) is 23.2 Å². The van der Waals surface area contributed by atoms with Crippen LogP contribution in [0.25, 0.3) is 0 Å². The van der Waals surface area contributed by atoms with Gasteiger partial charge in [-0.05, 0) is 25.1 Å². The van der Waals surface area contributed by atoms with E-state index in [9.17, 15) is 8.42 Å². The molecule has 0 amide bonds. The van der Waals surface area contributed by atoms with Crippen LogP contribution in [0.1, 0.15) is 13.3 Å². The second-order valence-corrected chi connectivity index (χ2v) is 6.48. The summed E-state index contributed by atoms with van der Waals surface area (Å²) in [6.45, 7) is 3.22. The number of sulfone groups is 1. The molecule has 0 unspecified atom stereocenters. The third-order valence-electron chi connectivity index (χ3n) is 2.20. The van der Waals surface area contributed by atoms with Gasteiger partial charge in [0.05, 0.1) is 15.8 Å². The molecule has 0 aromatic heterocycles. The van der Waals surface area contributed by atoms with Crippen LogP contribution in [-0.4, -0.2) is 27.3 Å². The second-order valence-electron chi connectivity index (χ2n) is 3.62. The first-order valence-electron chi connectivity index (χ1n) is 5.36. The van der Waals surface area contributed by atoms with Crippen LogP contribution in [0, 0.1) is 0 Å². The Balaban J connectivity index is 2.83. The monoisotopic (exact) mass is 295 g/mol. The first kappa shape index (κ1) is 14.8. The van der Waals surface area contributed by atoms with E-state index in [2.05, 4.69) is 5.32 Å². The summed E-state index contributed by atoms with van der Waals surface area (Å²) in [7, 11) is -3.43. The minimum Gasteiger partial charge on any atom is -0.316 e. The van der Waals surface area contributed by atoms with Crippen molar-refractivity contribution in [3.05, 3.63) is 28.2 Å². The Hall–Kier alpha value is -0.290. The summed E-state index contributed by atoms with van der Waals surface area (Å²) >= 11 is 11.7. The Morgan fingerprint density at radius 2 is 1.76 bits per heavy atom. The lowest BCUT2D eigenvalue weighted by molar-refractivity contribution is 0.590. The highest BCUT2D eigenvalue weighted by Crippen LogP contribution is 2.29. The van der Waals surface area contributed by atoms with Crippen molar-refractivity contribution in [1.82, 2.24) is 5.32 Å². The topological polar surface area (TPSA) is 46.2 Å². The van der Waals surface area contributed by atoms with Crippen molar-refractivity contribution < 1.29 is 8.42 Å². The fourth-order valence-corrected chi connectivity index (χ4v) is 3.84. The third-order valence-corrected chi connectivity index (χ3v) is 4.86. The van der Waals surface area contributed by atoms with Gasteiger partial charge in [-0.1, -0.05) is 36.2 Å². The van der Waals surface area contributed by atoms with Gasteiger partial charge in [-0.2, -0.15) is 0 Å². The Bertz CT molecular complexity index is 454. The minimum atomic E-state index is -3.43. The molecule has 0 aliphatic rings. The van der Waals surface area contributed by atoms with E-state index in [1.807, 2.05) is 6.92 Å². The molecule has 6 heteroatoms. The molecule has 96 valence electrons. The average molecular weight is 296 g/mol. The molecule has 1 aromatic rings. The van der Waals surface area contributed by atoms with Gasteiger partial charge in [0.25, 0.3) is 0 Å². The van der Waals surface area contributed by atoms with E-state index in [0.717, 1.165) is 13.0 Å². The zero-order chi connectivity index (χ0) is 12.9. The second kappa shape index (κ2) is 6.59. The zero-order valence-electron chi connectivity index (χ0n) is 9.54. The van der Waals surface area contributed by atoms with Crippen LogP contribution in [0.4, 0.5) is 0 Å². The van der Waals surface area contributed by atoms with Crippen LogP contribution in [0.15, 0.2) is 23.1 Å². The van der Waals surface area contributed by atoms with Gasteiger partial charge in [0.15, 0.2) is 9.84 Å².